The van der Waals surface area contributed by atoms with E-state index >= 15 is 0 Å². The summed E-state index contributed by atoms with van der Waals surface area (Å²) in [5, 5.41) is 4.52. The Labute approximate surface area is 119 Å². The first-order valence-corrected chi connectivity index (χ1v) is 7.06. The SMILES string of the molecule is CCc1nn(C)c2c1nc(N)n2CC(C)(C)CCOC. The Hall–Kier alpha value is -1.56. The van der Waals surface area contributed by atoms with Crippen molar-refractivity contribution in [2.24, 2.45) is 12.5 Å². The molecule has 0 saturated carbocycles. The second-order valence-electron chi connectivity index (χ2n) is 6.06. The Bertz CT molecular complexity index is 596. The minimum absolute atomic E-state index is 0.0917. The lowest BCUT2D eigenvalue weighted by Gasteiger charge is -2.25. The van der Waals surface area contributed by atoms with Crippen molar-refractivity contribution in [2.75, 3.05) is 19.5 Å². The Morgan fingerprint density at radius 1 is 1.35 bits per heavy atom. The lowest BCUT2D eigenvalue weighted by atomic mass is 9.89. The van der Waals surface area contributed by atoms with Gasteiger partial charge in [0.2, 0.25) is 5.95 Å². The highest BCUT2D eigenvalue weighted by Gasteiger charge is 2.24. The third-order valence-corrected chi connectivity index (χ3v) is 3.72. The maximum Gasteiger partial charge on any atom is 0.202 e. The number of nitrogens with two attached hydrogens (primary N) is 1. The van der Waals surface area contributed by atoms with Crippen molar-refractivity contribution >= 4 is 17.1 Å². The number of imidazole rings is 1. The number of anilines is 1. The molecular weight excluding hydrogens is 254 g/mol. The quantitative estimate of drug-likeness (QED) is 0.877. The standard InChI is InChI=1S/C14H25N5O/c1-6-10-11-12(18(4)17-10)19(13(15)16-11)9-14(2,3)7-8-20-5/h6-9H2,1-5H3,(H2,15,16). The van der Waals surface area contributed by atoms with E-state index in [0.29, 0.717) is 5.95 Å². The molecule has 0 aromatic carbocycles. The summed E-state index contributed by atoms with van der Waals surface area (Å²) >= 11 is 0. The van der Waals surface area contributed by atoms with Crippen LogP contribution in [0.2, 0.25) is 0 Å². The molecule has 20 heavy (non-hydrogen) atoms. The summed E-state index contributed by atoms with van der Waals surface area (Å²) < 4.78 is 9.13. The second kappa shape index (κ2) is 5.44. The number of aryl methyl sites for hydroxylation is 2. The van der Waals surface area contributed by atoms with Crippen LogP contribution in [0.1, 0.15) is 32.9 Å². The number of aromatic nitrogens is 4. The van der Waals surface area contributed by atoms with Crippen molar-refractivity contribution in [3.8, 4) is 0 Å². The van der Waals surface area contributed by atoms with E-state index in [1.54, 1.807) is 7.11 Å². The van der Waals surface area contributed by atoms with Gasteiger partial charge in [0.1, 0.15) is 5.52 Å². The molecule has 2 N–H and O–H groups in total. The fourth-order valence-electron chi connectivity index (χ4n) is 2.54. The number of methoxy groups -OCH3 is 1. The van der Waals surface area contributed by atoms with Gasteiger partial charge in [-0.05, 0) is 18.3 Å². The molecule has 2 heterocycles. The normalized spacial score (nSPS) is 12.4. The average Bonchev–Trinajstić information content (AvgIpc) is 2.86. The first-order chi connectivity index (χ1) is 9.39. The summed E-state index contributed by atoms with van der Waals surface area (Å²) in [5.41, 5.74) is 9.13. The van der Waals surface area contributed by atoms with Crippen molar-refractivity contribution in [1.29, 1.82) is 0 Å². The van der Waals surface area contributed by atoms with Gasteiger partial charge in [-0.15, -0.1) is 0 Å². The van der Waals surface area contributed by atoms with Crippen molar-refractivity contribution < 1.29 is 4.74 Å². The molecule has 0 unspecified atom stereocenters. The van der Waals surface area contributed by atoms with Crippen LogP contribution in [0.5, 0.6) is 0 Å². The molecule has 0 spiro atoms. The van der Waals surface area contributed by atoms with E-state index in [9.17, 15) is 0 Å². The minimum Gasteiger partial charge on any atom is -0.385 e. The molecule has 2 aromatic rings. The predicted octanol–water partition coefficient (Wildman–Crippen LogP) is 1.98. The molecule has 0 saturated heterocycles. The van der Waals surface area contributed by atoms with Gasteiger partial charge in [0, 0.05) is 27.3 Å². The monoisotopic (exact) mass is 279 g/mol. The van der Waals surface area contributed by atoms with E-state index in [-0.39, 0.29) is 5.41 Å². The molecule has 2 rings (SSSR count). The molecule has 0 fully saturated rings. The number of rotatable bonds is 6. The van der Waals surface area contributed by atoms with Crippen LogP contribution in [-0.4, -0.2) is 33.0 Å². The topological polar surface area (TPSA) is 70.9 Å². The number of hydrogen-bond acceptors (Lipinski definition) is 4. The lowest BCUT2D eigenvalue weighted by Crippen LogP contribution is -2.23. The van der Waals surface area contributed by atoms with E-state index in [4.69, 9.17) is 10.5 Å². The second-order valence-corrected chi connectivity index (χ2v) is 6.06. The van der Waals surface area contributed by atoms with Crippen LogP contribution < -0.4 is 5.73 Å². The predicted molar refractivity (Wildman–Crippen MR) is 80.6 cm³/mol. The Morgan fingerprint density at radius 2 is 2.05 bits per heavy atom. The number of ether oxygens (including phenoxy) is 1. The summed E-state index contributed by atoms with van der Waals surface area (Å²) in [6.45, 7) is 8.07. The highest BCUT2D eigenvalue weighted by atomic mass is 16.5. The molecule has 112 valence electrons. The van der Waals surface area contributed by atoms with E-state index in [2.05, 4.69) is 35.4 Å². The molecule has 0 aliphatic carbocycles. The molecule has 6 heteroatoms. The number of nitrogens with zero attached hydrogens (tertiary/aromatic N) is 4. The van der Waals surface area contributed by atoms with Crippen molar-refractivity contribution in [1.82, 2.24) is 19.3 Å². The van der Waals surface area contributed by atoms with Crippen LogP contribution >= 0.6 is 0 Å². The molecule has 6 nitrogen and oxygen atoms in total. The lowest BCUT2D eigenvalue weighted by molar-refractivity contribution is 0.143. The highest BCUT2D eigenvalue weighted by molar-refractivity contribution is 5.77. The first kappa shape index (κ1) is 14.8. The van der Waals surface area contributed by atoms with Crippen LogP contribution in [0.3, 0.4) is 0 Å². The maximum atomic E-state index is 6.11. The number of nitrogen functional groups attached to an aromatic ring is 1. The Morgan fingerprint density at radius 3 is 2.65 bits per heavy atom. The molecule has 0 atom stereocenters. The van der Waals surface area contributed by atoms with Crippen LogP contribution in [0.4, 0.5) is 5.95 Å². The van der Waals surface area contributed by atoms with Crippen molar-refractivity contribution in [3.05, 3.63) is 5.69 Å². The summed E-state index contributed by atoms with van der Waals surface area (Å²) in [7, 11) is 3.68. The summed E-state index contributed by atoms with van der Waals surface area (Å²) in [6, 6.07) is 0. The summed E-state index contributed by atoms with van der Waals surface area (Å²) in [4.78, 5) is 4.50. The van der Waals surface area contributed by atoms with Gasteiger partial charge in [-0.1, -0.05) is 20.8 Å². The zero-order valence-corrected chi connectivity index (χ0v) is 13.1. The van der Waals surface area contributed by atoms with E-state index < -0.39 is 0 Å². The molecule has 0 bridgehead atoms. The van der Waals surface area contributed by atoms with Crippen molar-refractivity contribution in [3.63, 3.8) is 0 Å². The van der Waals surface area contributed by atoms with Crippen LogP contribution in [0.15, 0.2) is 0 Å². The number of hydrogen-bond donors (Lipinski definition) is 1. The Kier molecular flexibility index (Phi) is 4.04. The van der Waals surface area contributed by atoms with Gasteiger partial charge >= 0.3 is 0 Å². The van der Waals surface area contributed by atoms with Gasteiger partial charge in [0.25, 0.3) is 0 Å². The molecule has 0 amide bonds. The summed E-state index contributed by atoms with van der Waals surface area (Å²) in [5.74, 6) is 0.563. The van der Waals surface area contributed by atoms with E-state index in [0.717, 1.165) is 42.9 Å². The summed E-state index contributed by atoms with van der Waals surface area (Å²) in [6.07, 6.45) is 1.84. The van der Waals surface area contributed by atoms with Gasteiger partial charge in [-0.25, -0.2) is 4.98 Å². The maximum absolute atomic E-state index is 6.11. The molecular formula is C14H25N5O. The van der Waals surface area contributed by atoms with Crippen LogP contribution in [0, 0.1) is 5.41 Å². The molecule has 0 radical (unpaired) electrons. The minimum atomic E-state index is 0.0917. The zero-order chi connectivity index (χ0) is 14.9. The zero-order valence-electron chi connectivity index (χ0n) is 13.1. The van der Waals surface area contributed by atoms with Gasteiger partial charge in [0.05, 0.1) is 5.69 Å². The highest BCUT2D eigenvalue weighted by Crippen LogP contribution is 2.28. The van der Waals surface area contributed by atoms with Gasteiger partial charge in [-0.2, -0.15) is 5.10 Å². The third-order valence-electron chi connectivity index (χ3n) is 3.72. The fourth-order valence-corrected chi connectivity index (χ4v) is 2.54. The molecule has 0 aliphatic heterocycles. The van der Waals surface area contributed by atoms with Gasteiger partial charge in [0.15, 0.2) is 5.65 Å². The third kappa shape index (κ3) is 2.65. The van der Waals surface area contributed by atoms with Gasteiger partial charge < -0.3 is 10.5 Å². The largest absolute Gasteiger partial charge is 0.385 e. The van der Waals surface area contributed by atoms with E-state index in [1.165, 1.54) is 0 Å². The molecule has 2 aromatic heterocycles. The fraction of sp³-hybridized carbons (Fsp3) is 0.714. The number of fused-ring (bicyclic) bond motifs is 1. The Balaban J connectivity index is 2.39. The molecule has 0 aliphatic rings. The van der Waals surface area contributed by atoms with Crippen LogP contribution in [0.25, 0.3) is 11.2 Å². The average molecular weight is 279 g/mol. The van der Waals surface area contributed by atoms with Crippen molar-refractivity contribution in [2.45, 2.75) is 40.2 Å². The van der Waals surface area contributed by atoms with Crippen LogP contribution in [-0.2, 0) is 24.8 Å². The van der Waals surface area contributed by atoms with E-state index in [1.807, 2.05) is 11.7 Å². The first-order valence-electron chi connectivity index (χ1n) is 7.06. The smallest absolute Gasteiger partial charge is 0.202 e. The van der Waals surface area contributed by atoms with Gasteiger partial charge in [-0.3, -0.25) is 9.25 Å².